The average molecular weight is 389 g/mol. The summed E-state index contributed by atoms with van der Waals surface area (Å²) in [6, 6.07) is 10.3. The zero-order chi connectivity index (χ0) is 21.4. The molecule has 1 unspecified atom stereocenters. The molecular formula is C29H40. The van der Waals surface area contributed by atoms with E-state index in [1.165, 1.54) is 24.0 Å². The van der Waals surface area contributed by atoms with Crippen LogP contribution in [0, 0.1) is 6.92 Å². The third-order valence-corrected chi connectivity index (χ3v) is 8.12. The number of hydrogen-bond donors (Lipinski definition) is 0. The molecule has 0 heterocycles. The van der Waals surface area contributed by atoms with Crippen molar-refractivity contribution in [3.05, 3.63) is 68.8 Å². The summed E-state index contributed by atoms with van der Waals surface area (Å²) in [5, 5.41) is 0. The van der Waals surface area contributed by atoms with Gasteiger partial charge in [-0.1, -0.05) is 79.7 Å². The molecule has 0 bridgehead atoms. The van der Waals surface area contributed by atoms with E-state index in [-0.39, 0.29) is 16.2 Å². The van der Waals surface area contributed by atoms with Gasteiger partial charge in [0.2, 0.25) is 0 Å². The van der Waals surface area contributed by atoms with Crippen molar-refractivity contribution in [2.24, 2.45) is 0 Å². The molecule has 0 aliphatic heterocycles. The van der Waals surface area contributed by atoms with E-state index in [9.17, 15) is 0 Å². The molecule has 29 heavy (non-hydrogen) atoms. The summed E-state index contributed by atoms with van der Waals surface area (Å²) in [6.45, 7) is 21.5. The van der Waals surface area contributed by atoms with Crippen molar-refractivity contribution in [1.29, 1.82) is 0 Å². The smallest absolute Gasteiger partial charge is 0.0225 e. The van der Waals surface area contributed by atoms with Crippen LogP contribution in [0.1, 0.15) is 119 Å². The highest BCUT2D eigenvalue weighted by Crippen LogP contribution is 2.63. The van der Waals surface area contributed by atoms with Gasteiger partial charge in [-0.3, -0.25) is 0 Å². The summed E-state index contributed by atoms with van der Waals surface area (Å²) in [5.74, 6) is 0.587. The van der Waals surface area contributed by atoms with Gasteiger partial charge in [0, 0.05) is 5.41 Å². The van der Waals surface area contributed by atoms with Crippen molar-refractivity contribution in [1.82, 2.24) is 0 Å². The Morgan fingerprint density at radius 3 is 1.69 bits per heavy atom. The first-order valence-corrected chi connectivity index (χ1v) is 11.8. The van der Waals surface area contributed by atoms with E-state index in [0.29, 0.717) is 5.92 Å². The van der Waals surface area contributed by atoms with Crippen LogP contribution in [-0.4, -0.2) is 0 Å². The lowest BCUT2D eigenvalue weighted by molar-refractivity contribution is 0.349. The number of rotatable bonds is 3. The zero-order valence-corrected chi connectivity index (χ0v) is 20.2. The summed E-state index contributed by atoms with van der Waals surface area (Å²) in [5.41, 5.74) is 13.2. The maximum Gasteiger partial charge on any atom is 0.0225 e. The second-order valence-corrected chi connectivity index (χ2v) is 11.5. The van der Waals surface area contributed by atoms with Gasteiger partial charge >= 0.3 is 0 Å². The van der Waals surface area contributed by atoms with E-state index < -0.39 is 0 Å². The van der Waals surface area contributed by atoms with Crippen molar-refractivity contribution < 1.29 is 0 Å². The van der Waals surface area contributed by atoms with Crippen molar-refractivity contribution in [3.8, 4) is 0 Å². The third kappa shape index (κ3) is 2.85. The molecule has 0 N–H and O–H groups in total. The number of benzene rings is 2. The van der Waals surface area contributed by atoms with Crippen molar-refractivity contribution in [3.63, 3.8) is 0 Å². The predicted molar refractivity (Wildman–Crippen MR) is 127 cm³/mol. The van der Waals surface area contributed by atoms with E-state index in [1.807, 2.05) is 0 Å². The van der Waals surface area contributed by atoms with Crippen molar-refractivity contribution in [2.75, 3.05) is 0 Å². The second kappa shape index (κ2) is 6.47. The minimum Gasteiger partial charge on any atom is -0.0613 e. The quantitative estimate of drug-likeness (QED) is 0.501. The first kappa shape index (κ1) is 20.7. The normalized spacial score (nSPS) is 23.7. The van der Waals surface area contributed by atoms with Crippen molar-refractivity contribution >= 4 is 0 Å². The van der Waals surface area contributed by atoms with Crippen LogP contribution in [-0.2, 0) is 29.1 Å². The Labute approximate surface area is 179 Å². The second-order valence-electron chi connectivity index (χ2n) is 11.5. The SMILES string of the molecule is CCc1cc2c(cc1C)C(C)(C)CC21CC(C)(C)c2cc(C(C)C)c(CC)cc21. The van der Waals surface area contributed by atoms with E-state index in [1.54, 1.807) is 33.4 Å². The van der Waals surface area contributed by atoms with Gasteiger partial charge in [-0.05, 0) is 93.9 Å². The molecule has 0 fully saturated rings. The monoisotopic (exact) mass is 388 g/mol. The molecule has 0 aromatic heterocycles. The van der Waals surface area contributed by atoms with Gasteiger partial charge in [0.15, 0.2) is 0 Å². The third-order valence-electron chi connectivity index (χ3n) is 8.12. The Bertz CT molecular complexity index is 970. The van der Waals surface area contributed by atoms with Crippen LogP contribution in [0.3, 0.4) is 0 Å². The Morgan fingerprint density at radius 2 is 1.21 bits per heavy atom. The zero-order valence-electron chi connectivity index (χ0n) is 20.2. The van der Waals surface area contributed by atoms with Gasteiger partial charge in [-0.25, -0.2) is 0 Å². The topological polar surface area (TPSA) is 0 Å². The van der Waals surface area contributed by atoms with E-state index >= 15 is 0 Å². The Hall–Kier alpha value is -1.56. The summed E-state index contributed by atoms with van der Waals surface area (Å²) < 4.78 is 0. The maximum absolute atomic E-state index is 2.62. The van der Waals surface area contributed by atoms with Crippen LogP contribution in [0.25, 0.3) is 0 Å². The molecule has 0 amide bonds. The van der Waals surface area contributed by atoms with Gasteiger partial charge in [0.05, 0.1) is 0 Å². The molecular weight excluding hydrogens is 348 g/mol. The maximum atomic E-state index is 2.62. The average Bonchev–Trinajstić information content (AvgIpc) is 2.99. The minimum absolute atomic E-state index is 0.175. The highest BCUT2D eigenvalue weighted by molar-refractivity contribution is 5.62. The lowest BCUT2D eigenvalue weighted by atomic mass is 9.72. The summed E-state index contributed by atoms with van der Waals surface area (Å²) in [6.07, 6.45) is 4.73. The van der Waals surface area contributed by atoms with Crippen LogP contribution in [0.5, 0.6) is 0 Å². The molecule has 2 aromatic carbocycles. The minimum atomic E-state index is 0.175. The summed E-state index contributed by atoms with van der Waals surface area (Å²) >= 11 is 0. The van der Waals surface area contributed by atoms with E-state index in [2.05, 4.69) is 86.6 Å². The fraction of sp³-hybridized carbons (Fsp3) is 0.586. The predicted octanol–water partition coefficient (Wildman–Crippen LogP) is 7.89. The lowest BCUT2D eigenvalue weighted by Crippen LogP contribution is -2.27. The van der Waals surface area contributed by atoms with Crippen LogP contribution in [0.4, 0.5) is 0 Å². The Morgan fingerprint density at radius 1 is 0.724 bits per heavy atom. The molecule has 1 atom stereocenters. The molecule has 2 aliphatic rings. The molecule has 2 aromatic rings. The molecule has 0 saturated heterocycles. The van der Waals surface area contributed by atoms with Crippen LogP contribution in [0.2, 0.25) is 0 Å². The van der Waals surface area contributed by atoms with Gasteiger partial charge in [0.25, 0.3) is 0 Å². The van der Waals surface area contributed by atoms with Gasteiger partial charge in [-0.2, -0.15) is 0 Å². The molecule has 4 rings (SSSR count). The number of hydrogen-bond acceptors (Lipinski definition) is 0. The molecule has 0 radical (unpaired) electrons. The molecule has 2 aliphatic carbocycles. The first-order valence-electron chi connectivity index (χ1n) is 11.8. The number of fused-ring (bicyclic) bond motifs is 4. The van der Waals surface area contributed by atoms with Gasteiger partial charge in [-0.15, -0.1) is 0 Å². The first-order chi connectivity index (χ1) is 13.5. The fourth-order valence-electron chi connectivity index (χ4n) is 6.84. The van der Waals surface area contributed by atoms with Gasteiger partial charge in [0.1, 0.15) is 0 Å². The Balaban J connectivity index is 2.04. The largest absolute Gasteiger partial charge is 0.0613 e. The van der Waals surface area contributed by atoms with Gasteiger partial charge < -0.3 is 0 Å². The summed E-state index contributed by atoms with van der Waals surface area (Å²) in [7, 11) is 0. The van der Waals surface area contributed by atoms with Crippen LogP contribution >= 0.6 is 0 Å². The van der Waals surface area contributed by atoms with Crippen LogP contribution < -0.4 is 0 Å². The molecule has 0 saturated carbocycles. The molecule has 0 nitrogen and oxygen atoms in total. The lowest BCUT2D eigenvalue weighted by Gasteiger charge is -2.31. The van der Waals surface area contributed by atoms with Crippen molar-refractivity contribution in [2.45, 2.75) is 110 Å². The molecule has 1 spiro atoms. The number of aryl methyl sites for hydroxylation is 3. The van der Waals surface area contributed by atoms with E-state index in [4.69, 9.17) is 0 Å². The fourth-order valence-corrected chi connectivity index (χ4v) is 6.84. The summed E-state index contributed by atoms with van der Waals surface area (Å²) in [4.78, 5) is 0. The highest BCUT2D eigenvalue weighted by atomic mass is 14.6. The Kier molecular flexibility index (Phi) is 4.62. The standard InChI is InChI=1S/C29H40/c1-10-20-13-25-23(12-19(20)5)27(6,7)16-29(25)17-28(8,9)24-15-22(18(3)4)21(11-2)14-26(24)29/h12-15,18H,10-11,16-17H2,1-9H3. The highest BCUT2D eigenvalue weighted by Gasteiger charge is 2.56. The molecule has 156 valence electrons. The van der Waals surface area contributed by atoms with Crippen LogP contribution in [0.15, 0.2) is 24.3 Å². The van der Waals surface area contributed by atoms with E-state index in [0.717, 1.165) is 12.8 Å². The molecule has 0 heteroatoms.